The summed E-state index contributed by atoms with van der Waals surface area (Å²) in [6, 6.07) is -0.584. The lowest BCUT2D eigenvalue weighted by atomic mass is 10.1. The molecule has 74 valence electrons. The van der Waals surface area contributed by atoms with Crippen molar-refractivity contribution in [2.24, 2.45) is 11.5 Å². The average Bonchev–Trinajstić information content (AvgIpc) is 2.10. The van der Waals surface area contributed by atoms with E-state index in [9.17, 15) is 4.79 Å². The molecule has 6 nitrogen and oxygen atoms in total. The molecule has 0 fully saturated rings. The number of nitrogens with one attached hydrogen (secondary N) is 2. The first-order valence-electron chi connectivity index (χ1n) is 3.99. The first-order valence-corrected chi connectivity index (χ1v) is 3.99. The highest BCUT2D eigenvalue weighted by Gasteiger charge is 2.11. The number of guanidine groups is 1. The maximum atomic E-state index is 10.8. The second-order valence-corrected chi connectivity index (χ2v) is 2.61. The molecular formula is C6H15BN4O2. The monoisotopic (exact) mass is 186 g/mol. The molecule has 1 atom stereocenters. The quantitative estimate of drug-likeness (QED) is 0.166. The Morgan fingerprint density at radius 1 is 1.69 bits per heavy atom. The molecule has 0 saturated carbocycles. The number of nitrogens with two attached hydrogens (primary N) is 2. The average molecular weight is 186 g/mol. The Hall–Kier alpha value is -1.24. The van der Waals surface area contributed by atoms with Crippen LogP contribution < -0.4 is 16.8 Å². The summed E-state index contributed by atoms with van der Waals surface area (Å²) in [5, 5.41) is 9.46. The molecule has 0 unspecified atom stereocenters. The molecule has 0 aromatic heterocycles. The molecule has 0 radical (unpaired) electrons. The van der Waals surface area contributed by atoms with Crippen LogP contribution in [0.25, 0.3) is 0 Å². The number of carbonyl (C=O) groups excluding carboxylic acids is 1. The van der Waals surface area contributed by atoms with Gasteiger partial charge in [0.05, 0.1) is 0 Å². The van der Waals surface area contributed by atoms with Crippen molar-refractivity contribution in [2.75, 3.05) is 6.54 Å². The van der Waals surface area contributed by atoms with Crippen LogP contribution in [0.1, 0.15) is 12.8 Å². The Morgan fingerprint density at radius 3 is 2.77 bits per heavy atom. The third kappa shape index (κ3) is 5.97. The van der Waals surface area contributed by atoms with Crippen molar-refractivity contribution < 1.29 is 9.45 Å². The molecule has 13 heavy (non-hydrogen) atoms. The number of rotatable bonds is 5. The van der Waals surface area contributed by atoms with Crippen LogP contribution in [0.15, 0.2) is 0 Å². The highest BCUT2D eigenvalue weighted by atomic mass is 16.5. The SMILES string of the molecule is BOC(=O)[C@@H](N)CCCNC(=N)N. The van der Waals surface area contributed by atoms with E-state index in [4.69, 9.17) is 16.9 Å². The lowest BCUT2D eigenvalue weighted by molar-refractivity contribution is -0.135. The Balaban J connectivity index is 3.42. The largest absolute Gasteiger partial charge is 0.542 e. The van der Waals surface area contributed by atoms with E-state index in [1.165, 1.54) is 8.05 Å². The molecule has 0 aromatic carbocycles. The summed E-state index contributed by atoms with van der Waals surface area (Å²) in [6.45, 7) is 0.542. The Labute approximate surface area is 77.9 Å². The number of carbonyl (C=O) groups is 1. The van der Waals surface area contributed by atoms with Gasteiger partial charge in [0.15, 0.2) is 5.96 Å². The van der Waals surface area contributed by atoms with Crippen molar-refractivity contribution in [2.45, 2.75) is 18.9 Å². The maximum absolute atomic E-state index is 10.8. The van der Waals surface area contributed by atoms with Gasteiger partial charge in [-0.3, -0.25) is 10.2 Å². The van der Waals surface area contributed by atoms with Crippen molar-refractivity contribution in [3.8, 4) is 0 Å². The smallest absolute Gasteiger partial charge is 0.326 e. The molecule has 0 heterocycles. The summed E-state index contributed by atoms with van der Waals surface area (Å²) in [5.41, 5.74) is 10.5. The summed E-state index contributed by atoms with van der Waals surface area (Å²) in [4.78, 5) is 10.8. The molecule has 0 bridgehead atoms. The first kappa shape index (κ1) is 11.8. The van der Waals surface area contributed by atoms with Gasteiger partial charge >= 0.3 is 14.0 Å². The maximum Gasteiger partial charge on any atom is 0.326 e. The van der Waals surface area contributed by atoms with Gasteiger partial charge in [-0.05, 0) is 12.8 Å². The molecular weight excluding hydrogens is 171 g/mol. The van der Waals surface area contributed by atoms with Crippen LogP contribution in [0.3, 0.4) is 0 Å². The zero-order valence-electron chi connectivity index (χ0n) is 7.67. The Morgan fingerprint density at radius 2 is 2.31 bits per heavy atom. The Kier molecular flexibility index (Phi) is 5.70. The van der Waals surface area contributed by atoms with Crippen LogP contribution in [0.2, 0.25) is 0 Å². The lowest BCUT2D eigenvalue weighted by Gasteiger charge is -2.09. The van der Waals surface area contributed by atoms with Gasteiger partial charge < -0.3 is 21.4 Å². The van der Waals surface area contributed by atoms with E-state index in [1.807, 2.05) is 0 Å². The van der Waals surface area contributed by atoms with Gasteiger partial charge in [0.2, 0.25) is 0 Å². The first-order chi connectivity index (χ1) is 6.07. The van der Waals surface area contributed by atoms with Crippen LogP contribution in [0.5, 0.6) is 0 Å². The van der Waals surface area contributed by atoms with Crippen molar-refractivity contribution in [3.63, 3.8) is 0 Å². The standard InChI is InChI=1S/C6H15BN4O2/c7-13-5(12)4(8)2-1-3-11-6(9)10/h4H,1-3,7-8H2,(H4,9,10,11)/t4-/m0/s1. The van der Waals surface area contributed by atoms with E-state index >= 15 is 0 Å². The molecule has 0 aliphatic carbocycles. The minimum absolute atomic E-state index is 0.0772. The molecule has 7 heteroatoms. The molecule has 0 aliphatic rings. The van der Waals surface area contributed by atoms with E-state index in [0.29, 0.717) is 19.4 Å². The van der Waals surface area contributed by atoms with Gasteiger partial charge in [0.1, 0.15) is 6.04 Å². The van der Waals surface area contributed by atoms with Crippen molar-refractivity contribution in [1.29, 1.82) is 5.41 Å². The summed E-state index contributed by atoms with van der Waals surface area (Å²) < 4.78 is 4.44. The third-order valence-corrected chi connectivity index (χ3v) is 1.51. The van der Waals surface area contributed by atoms with E-state index in [-0.39, 0.29) is 5.96 Å². The normalized spacial score (nSPS) is 11.8. The molecule has 0 spiro atoms. The van der Waals surface area contributed by atoms with Crippen LogP contribution in [-0.2, 0) is 9.45 Å². The molecule has 0 amide bonds. The minimum Gasteiger partial charge on any atom is -0.542 e. The van der Waals surface area contributed by atoms with Crippen molar-refractivity contribution >= 4 is 20.0 Å². The molecule has 0 aromatic rings. The Bertz CT molecular complexity index is 187. The fraction of sp³-hybridized carbons (Fsp3) is 0.667. The summed E-state index contributed by atoms with van der Waals surface area (Å²) in [6.07, 6.45) is 1.20. The topological polar surface area (TPSA) is 114 Å². The zero-order valence-corrected chi connectivity index (χ0v) is 7.67. The predicted octanol–water partition coefficient (Wildman–Crippen LogP) is -2.33. The van der Waals surface area contributed by atoms with Gasteiger partial charge in [-0.2, -0.15) is 0 Å². The summed E-state index contributed by atoms with van der Waals surface area (Å²) in [5.74, 6) is -0.491. The van der Waals surface area contributed by atoms with Crippen LogP contribution in [-0.4, -0.2) is 32.6 Å². The predicted molar refractivity (Wildman–Crippen MR) is 51.8 cm³/mol. The second-order valence-electron chi connectivity index (χ2n) is 2.61. The van der Waals surface area contributed by atoms with Gasteiger partial charge in [-0.15, -0.1) is 0 Å². The van der Waals surface area contributed by atoms with E-state index in [1.54, 1.807) is 0 Å². The molecule has 6 N–H and O–H groups in total. The minimum atomic E-state index is -0.584. The van der Waals surface area contributed by atoms with E-state index in [0.717, 1.165) is 0 Å². The second kappa shape index (κ2) is 6.30. The molecule has 0 rings (SSSR count). The number of hydrogen-bond acceptors (Lipinski definition) is 4. The fourth-order valence-corrected chi connectivity index (χ4v) is 0.814. The van der Waals surface area contributed by atoms with Gasteiger partial charge in [0, 0.05) is 6.54 Å². The van der Waals surface area contributed by atoms with E-state index in [2.05, 4.69) is 9.97 Å². The zero-order chi connectivity index (χ0) is 10.3. The van der Waals surface area contributed by atoms with Gasteiger partial charge in [-0.1, -0.05) is 0 Å². The molecule has 0 saturated heterocycles. The van der Waals surface area contributed by atoms with E-state index < -0.39 is 12.0 Å². The van der Waals surface area contributed by atoms with Crippen molar-refractivity contribution in [1.82, 2.24) is 5.32 Å². The fourth-order valence-electron chi connectivity index (χ4n) is 0.814. The number of hydrogen-bond donors (Lipinski definition) is 4. The van der Waals surface area contributed by atoms with Crippen LogP contribution in [0.4, 0.5) is 0 Å². The highest BCUT2D eigenvalue weighted by molar-refractivity contribution is 6.06. The lowest BCUT2D eigenvalue weighted by Crippen LogP contribution is -2.34. The van der Waals surface area contributed by atoms with Crippen LogP contribution >= 0.6 is 0 Å². The summed E-state index contributed by atoms with van der Waals surface area (Å²) in [7, 11) is 1.30. The summed E-state index contributed by atoms with van der Waals surface area (Å²) >= 11 is 0. The highest BCUT2D eigenvalue weighted by Crippen LogP contribution is 1.94. The van der Waals surface area contributed by atoms with Gasteiger partial charge in [-0.25, -0.2) is 0 Å². The third-order valence-electron chi connectivity index (χ3n) is 1.51. The van der Waals surface area contributed by atoms with Gasteiger partial charge in [0.25, 0.3) is 0 Å². The molecule has 0 aliphatic heterocycles. The van der Waals surface area contributed by atoms with Crippen molar-refractivity contribution in [3.05, 3.63) is 0 Å². The van der Waals surface area contributed by atoms with Crippen LogP contribution in [0, 0.1) is 5.41 Å².